The van der Waals surface area contributed by atoms with Gasteiger partial charge in [-0.3, -0.25) is 9.59 Å². The van der Waals surface area contributed by atoms with Gasteiger partial charge in [-0.1, -0.05) is 30.2 Å². The lowest BCUT2D eigenvalue weighted by Crippen LogP contribution is -2.52. The fourth-order valence-corrected chi connectivity index (χ4v) is 4.28. The van der Waals surface area contributed by atoms with Gasteiger partial charge in [0.2, 0.25) is 5.91 Å². The van der Waals surface area contributed by atoms with Crippen LogP contribution in [0.1, 0.15) is 44.4 Å². The van der Waals surface area contributed by atoms with E-state index in [-0.39, 0.29) is 6.54 Å². The average molecular weight is 552 g/mol. The van der Waals surface area contributed by atoms with Crippen LogP contribution in [0.5, 0.6) is 5.75 Å². The summed E-state index contributed by atoms with van der Waals surface area (Å²) in [5.41, 5.74) is 0.711. The van der Waals surface area contributed by atoms with Crippen molar-refractivity contribution in [2.24, 2.45) is 0 Å². The van der Waals surface area contributed by atoms with Gasteiger partial charge in [0, 0.05) is 17.8 Å². The molecule has 0 spiro atoms. The van der Waals surface area contributed by atoms with Crippen LogP contribution >= 0.6 is 11.8 Å². The van der Waals surface area contributed by atoms with Crippen molar-refractivity contribution < 1.29 is 23.9 Å². The maximum atomic E-state index is 14.0. The SMILES string of the molecule is C#Cc1ccccc1C(C(=O)Nc1ccc(OC)cc1)N(CC=C)C(=O)C(CCSC)NC(=O)OC(C)(C)C. The summed E-state index contributed by atoms with van der Waals surface area (Å²) in [6.07, 6.45) is 8.83. The van der Waals surface area contributed by atoms with Crippen molar-refractivity contribution in [1.29, 1.82) is 0 Å². The molecule has 2 atom stereocenters. The van der Waals surface area contributed by atoms with Crippen molar-refractivity contribution in [3.05, 3.63) is 72.3 Å². The number of nitrogens with one attached hydrogen (secondary N) is 2. The quantitative estimate of drug-likeness (QED) is 0.284. The monoisotopic (exact) mass is 551 g/mol. The Morgan fingerprint density at radius 2 is 1.82 bits per heavy atom. The van der Waals surface area contributed by atoms with Gasteiger partial charge in [-0.25, -0.2) is 4.79 Å². The second-order valence-electron chi connectivity index (χ2n) is 9.61. The van der Waals surface area contributed by atoms with E-state index < -0.39 is 35.6 Å². The van der Waals surface area contributed by atoms with Crippen molar-refractivity contribution in [3.8, 4) is 18.1 Å². The number of alkyl carbamates (subject to hydrolysis) is 1. The van der Waals surface area contributed by atoms with E-state index in [2.05, 4.69) is 23.1 Å². The lowest BCUT2D eigenvalue weighted by atomic mass is 9.97. The van der Waals surface area contributed by atoms with E-state index in [0.29, 0.717) is 34.7 Å². The highest BCUT2D eigenvalue weighted by molar-refractivity contribution is 7.98. The fourth-order valence-electron chi connectivity index (χ4n) is 3.81. The van der Waals surface area contributed by atoms with Crippen LogP contribution in [-0.4, -0.2) is 60.1 Å². The molecule has 0 aliphatic rings. The molecule has 0 heterocycles. The molecule has 3 amide bonds. The Kier molecular flexibility index (Phi) is 12.0. The number of rotatable bonds is 12. The molecular weight excluding hydrogens is 514 g/mol. The number of carbonyl (C=O) groups is 3. The Morgan fingerprint density at radius 3 is 2.38 bits per heavy atom. The number of terminal acetylenes is 1. The zero-order chi connectivity index (χ0) is 29.0. The second-order valence-corrected chi connectivity index (χ2v) is 10.6. The molecule has 2 N–H and O–H groups in total. The van der Waals surface area contributed by atoms with Crippen LogP contribution in [0, 0.1) is 12.3 Å². The summed E-state index contributed by atoms with van der Waals surface area (Å²) in [7, 11) is 1.55. The van der Waals surface area contributed by atoms with Crippen LogP contribution < -0.4 is 15.4 Å². The van der Waals surface area contributed by atoms with E-state index in [0.717, 1.165) is 0 Å². The summed E-state index contributed by atoms with van der Waals surface area (Å²) in [6.45, 7) is 9.06. The largest absolute Gasteiger partial charge is 0.497 e. The topological polar surface area (TPSA) is 97.0 Å². The predicted molar refractivity (Wildman–Crippen MR) is 157 cm³/mol. The maximum Gasteiger partial charge on any atom is 0.408 e. The van der Waals surface area contributed by atoms with Gasteiger partial charge >= 0.3 is 6.09 Å². The first-order valence-corrected chi connectivity index (χ1v) is 13.8. The Morgan fingerprint density at radius 1 is 1.15 bits per heavy atom. The molecule has 0 bridgehead atoms. The number of benzene rings is 2. The van der Waals surface area contributed by atoms with Crippen LogP contribution in [0.4, 0.5) is 10.5 Å². The molecule has 0 aromatic heterocycles. The van der Waals surface area contributed by atoms with E-state index in [4.69, 9.17) is 15.9 Å². The van der Waals surface area contributed by atoms with Gasteiger partial charge < -0.3 is 25.0 Å². The number of hydrogen-bond donors (Lipinski definition) is 2. The standard InChI is InChI=1S/C30H37N3O5S/c1-8-19-33(28(35)25(18-20-39-7)32-29(36)38-30(3,4)5)26(24-13-11-10-12-21(24)9-2)27(34)31-22-14-16-23(37-6)17-15-22/h2,8,10-17,25-26H,1,18-20H2,3-7H3,(H,31,34)(H,32,36). The lowest BCUT2D eigenvalue weighted by Gasteiger charge is -2.34. The number of carbonyl (C=O) groups excluding carboxylic acids is 3. The van der Waals surface area contributed by atoms with Crippen LogP contribution in [0.25, 0.3) is 0 Å². The minimum atomic E-state index is -1.11. The summed E-state index contributed by atoms with van der Waals surface area (Å²) >= 11 is 1.54. The summed E-state index contributed by atoms with van der Waals surface area (Å²) in [4.78, 5) is 41.9. The third-order valence-electron chi connectivity index (χ3n) is 5.54. The molecular formula is C30H37N3O5S. The molecule has 2 aromatic carbocycles. The third-order valence-corrected chi connectivity index (χ3v) is 6.18. The molecule has 0 saturated carbocycles. The molecule has 0 radical (unpaired) electrons. The normalized spacial score (nSPS) is 12.3. The molecule has 0 fully saturated rings. The molecule has 8 nitrogen and oxygen atoms in total. The van der Waals surface area contributed by atoms with Crippen LogP contribution in [0.3, 0.4) is 0 Å². The molecule has 2 rings (SSSR count). The number of nitrogens with zero attached hydrogens (tertiary/aromatic N) is 1. The smallest absolute Gasteiger partial charge is 0.408 e. The maximum absolute atomic E-state index is 14.0. The molecule has 2 unspecified atom stereocenters. The Hall–Kier alpha value is -3.90. The van der Waals surface area contributed by atoms with E-state index in [9.17, 15) is 14.4 Å². The molecule has 0 aliphatic carbocycles. The highest BCUT2D eigenvalue weighted by atomic mass is 32.2. The molecule has 208 valence electrons. The van der Waals surface area contributed by atoms with Crippen LogP contribution in [0.15, 0.2) is 61.2 Å². The molecule has 9 heteroatoms. The van der Waals surface area contributed by atoms with E-state index >= 15 is 0 Å². The van der Waals surface area contributed by atoms with Gasteiger partial charge in [-0.2, -0.15) is 11.8 Å². The summed E-state index contributed by atoms with van der Waals surface area (Å²) in [5.74, 6) is 2.91. The van der Waals surface area contributed by atoms with Gasteiger partial charge in [-0.15, -0.1) is 13.0 Å². The van der Waals surface area contributed by atoms with E-state index in [1.54, 1.807) is 76.4 Å². The fraction of sp³-hybridized carbons (Fsp3) is 0.367. The first kappa shape index (κ1) is 31.3. The third kappa shape index (κ3) is 9.41. The number of thioether (sulfide) groups is 1. The molecule has 39 heavy (non-hydrogen) atoms. The summed E-state index contributed by atoms with van der Waals surface area (Å²) in [6, 6.07) is 11.7. The van der Waals surface area contributed by atoms with E-state index in [1.807, 2.05) is 6.26 Å². The molecule has 0 saturated heterocycles. The first-order chi connectivity index (χ1) is 18.5. The van der Waals surface area contributed by atoms with Crippen molar-refractivity contribution >= 4 is 35.4 Å². The number of ether oxygens (including phenoxy) is 2. The van der Waals surface area contributed by atoms with Gasteiger partial charge in [0.15, 0.2) is 0 Å². The van der Waals surface area contributed by atoms with Crippen LogP contribution in [-0.2, 0) is 14.3 Å². The second kappa shape index (κ2) is 14.9. The number of hydrogen-bond acceptors (Lipinski definition) is 6. The highest BCUT2D eigenvalue weighted by Gasteiger charge is 2.36. The lowest BCUT2D eigenvalue weighted by molar-refractivity contribution is -0.140. The highest BCUT2D eigenvalue weighted by Crippen LogP contribution is 2.28. The summed E-state index contributed by atoms with van der Waals surface area (Å²) < 4.78 is 10.6. The number of methoxy groups -OCH3 is 1. The molecule has 0 aliphatic heterocycles. The van der Waals surface area contributed by atoms with Crippen molar-refractivity contribution in [2.75, 3.05) is 31.0 Å². The van der Waals surface area contributed by atoms with Gasteiger partial charge in [0.25, 0.3) is 5.91 Å². The summed E-state index contributed by atoms with van der Waals surface area (Å²) in [5, 5.41) is 5.58. The van der Waals surface area contributed by atoms with E-state index in [1.165, 1.54) is 22.7 Å². The average Bonchev–Trinajstić information content (AvgIpc) is 2.90. The number of amides is 3. The zero-order valence-corrected chi connectivity index (χ0v) is 24.0. The van der Waals surface area contributed by atoms with Crippen molar-refractivity contribution in [1.82, 2.24) is 10.2 Å². The first-order valence-electron chi connectivity index (χ1n) is 12.4. The Labute approximate surface area is 235 Å². The van der Waals surface area contributed by atoms with Crippen molar-refractivity contribution in [3.63, 3.8) is 0 Å². The predicted octanol–water partition coefficient (Wildman–Crippen LogP) is 5.02. The molecule has 2 aromatic rings. The Balaban J connectivity index is 2.53. The Bertz CT molecular complexity index is 1180. The minimum absolute atomic E-state index is 0.0319. The van der Waals surface area contributed by atoms with Crippen molar-refractivity contribution in [2.45, 2.75) is 44.9 Å². The van der Waals surface area contributed by atoms with Crippen LogP contribution in [0.2, 0.25) is 0 Å². The van der Waals surface area contributed by atoms with Gasteiger partial charge in [-0.05, 0) is 75.1 Å². The van der Waals surface area contributed by atoms with Gasteiger partial charge in [0.05, 0.1) is 7.11 Å². The minimum Gasteiger partial charge on any atom is -0.497 e. The number of anilines is 1. The van der Waals surface area contributed by atoms with Gasteiger partial charge in [0.1, 0.15) is 23.4 Å². The zero-order valence-electron chi connectivity index (χ0n) is 23.2.